The topological polar surface area (TPSA) is 95.1 Å². The molecular formula is C27H18ClN3O3. The minimum atomic E-state index is -1.06. The number of nitrogens with one attached hydrogen (secondary N) is 2. The van der Waals surface area contributed by atoms with E-state index in [0.717, 1.165) is 22.2 Å². The number of H-pyrrole nitrogens is 1. The summed E-state index contributed by atoms with van der Waals surface area (Å²) in [6.45, 7) is 0. The zero-order valence-electron chi connectivity index (χ0n) is 17.7. The fourth-order valence-electron chi connectivity index (χ4n) is 3.96. The second-order valence-electron chi connectivity index (χ2n) is 7.69. The van der Waals surface area contributed by atoms with E-state index < -0.39 is 11.9 Å². The Labute approximate surface area is 199 Å². The number of aromatic carboxylic acids is 1. The van der Waals surface area contributed by atoms with E-state index in [9.17, 15) is 14.7 Å². The quantitative estimate of drug-likeness (QED) is 0.275. The van der Waals surface area contributed by atoms with Gasteiger partial charge in [0.05, 0.1) is 28.0 Å². The lowest BCUT2D eigenvalue weighted by Gasteiger charge is -2.15. The van der Waals surface area contributed by atoms with E-state index in [2.05, 4.69) is 15.3 Å². The van der Waals surface area contributed by atoms with Gasteiger partial charge in [-0.1, -0.05) is 60.1 Å². The number of hydrogen-bond acceptors (Lipinski definition) is 3. The molecule has 0 atom stereocenters. The van der Waals surface area contributed by atoms with E-state index in [-0.39, 0.29) is 16.1 Å². The molecule has 7 heteroatoms. The number of carboxylic acids is 1. The fraction of sp³-hybridized carbons (Fsp3) is 0. The van der Waals surface area contributed by atoms with Gasteiger partial charge in [-0.3, -0.25) is 4.79 Å². The van der Waals surface area contributed by atoms with Crippen molar-refractivity contribution < 1.29 is 14.7 Å². The van der Waals surface area contributed by atoms with Crippen molar-refractivity contribution in [1.82, 2.24) is 9.97 Å². The number of fused-ring (bicyclic) bond motifs is 1. The van der Waals surface area contributed by atoms with Crippen LogP contribution in [0.1, 0.15) is 20.7 Å². The van der Waals surface area contributed by atoms with Gasteiger partial charge in [0.2, 0.25) is 0 Å². The number of nitrogens with zero attached hydrogens (tertiary/aromatic N) is 1. The van der Waals surface area contributed by atoms with Crippen LogP contribution in [0.5, 0.6) is 0 Å². The van der Waals surface area contributed by atoms with Gasteiger partial charge in [0.15, 0.2) is 0 Å². The summed E-state index contributed by atoms with van der Waals surface area (Å²) in [6, 6.07) is 23.3. The third kappa shape index (κ3) is 4.02. The molecule has 0 aliphatic rings. The standard InChI is InChI=1S/C27H18ClN3O3/c28-23-10-9-17(14-22(23)26(32)31-19-13-18-11-12-29-25(18)30-15-19)24-20(16-5-2-1-3-6-16)7-4-8-21(24)27(33)34/h1-15H,(H,29,30)(H,31,32)(H,33,34). The number of rotatable bonds is 5. The monoisotopic (exact) mass is 467 g/mol. The molecule has 0 spiro atoms. The summed E-state index contributed by atoms with van der Waals surface area (Å²) >= 11 is 6.38. The van der Waals surface area contributed by atoms with Gasteiger partial charge in [-0.25, -0.2) is 9.78 Å². The van der Waals surface area contributed by atoms with Gasteiger partial charge >= 0.3 is 5.97 Å². The molecule has 2 aromatic heterocycles. The smallest absolute Gasteiger partial charge is 0.336 e. The number of amides is 1. The highest BCUT2D eigenvalue weighted by atomic mass is 35.5. The molecule has 34 heavy (non-hydrogen) atoms. The van der Waals surface area contributed by atoms with E-state index in [1.807, 2.05) is 48.5 Å². The maximum Gasteiger partial charge on any atom is 0.336 e. The molecule has 3 aromatic carbocycles. The minimum absolute atomic E-state index is 0.136. The Balaban J connectivity index is 1.59. The van der Waals surface area contributed by atoms with E-state index in [1.165, 1.54) is 0 Å². The molecule has 0 unspecified atom stereocenters. The molecule has 5 aromatic rings. The third-order valence-electron chi connectivity index (χ3n) is 5.54. The summed E-state index contributed by atoms with van der Waals surface area (Å²) in [5.74, 6) is -1.47. The first-order valence-corrected chi connectivity index (χ1v) is 10.9. The van der Waals surface area contributed by atoms with Gasteiger partial charge in [-0.15, -0.1) is 0 Å². The number of aromatic amines is 1. The molecule has 2 heterocycles. The fourth-order valence-corrected chi connectivity index (χ4v) is 4.16. The van der Waals surface area contributed by atoms with Crippen molar-refractivity contribution in [3.63, 3.8) is 0 Å². The Hall–Kier alpha value is -4.42. The summed E-state index contributed by atoms with van der Waals surface area (Å²) in [5, 5.41) is 13.8. The molecule has 0 saturated carbocycles. The maximum absolute atomic E-state index is 13.1. The van der Waals surface area contributed by atoms with Crippen molar-refractivity contribution in [3.05, 3.63) is 107 Å². The van der Waals surface area contributed by atoms with Crippen LogP contribution in [-0.4, -0.2) is 27.0 Å². The normalized spacial score (nSPS) is 10.9. The lowest BCUT2D eigenvalue weighted by Crippen LogP contribution is -2.13. The van der Waals surface area contributed by atoms with Crippen molar-refractivity contribution in [2.24, 2.45) is 0 Å². The molecule has 0 saturated heterocycles. The Morgan fingerprint density at radius 2 is 1.71 bits per heavy atom. The van der Waals surface area contributed by atoms with Gasteiger partial charge in [0.1, 0.15) is 5.65 Å². The number of hydrogen-bond donors (Lipinski definition) is 3. The Bertz CT molecular complexity index is 1540. The number of carbonyl (C=O) groups is 2. The van der Waals surface area contributed by atoms with Crippen LogP contribution in [0, 0.1) is 0 Å². The Morgan fingerprint density at radius 3 is 2.50 bits per heavy atom. The molecule has 166 valence electrons. The van der Waals surface area contributed by atoms with Crippen molar-refractivity contribution in [1.29, 1.82) is 0 Å². The minimum Gasteiger partial charge on any atom is -0.478 e. The molecule has 5 rings (SSSR count). The molecule has 0 aliphatic carbocycles. The zero-order chi connectivity index (χ0) is 23.7. The van der Waals surface area contributed by atoms with Crippen LogP contribution in [0.15, 0.2) is 91.3 Å². The van der Waals surface area contributed by atoms with Crippen LogP contribution < -0.4 is 5.32 Å². The predicted molar refractivity (Wildman–Crippen MR) is 133 cm³/mol. The third-order valence-corrected chi connectivity index (χ3v) is 5.87. The lowest BCUT2D eigenvalue weighted by molar-refractivity contribution is 0.0697. The summed E-state index contributed by atoms with van der Waals surface area (Å²) < 4.78 is 0. The zero-order valence-corrected chi connectivity index (χ0v) is 18.5. The second kappa shape index (κ2) is 8.84. The molecule has 6 nitrogen and oxygen atoms in total. The first-order valence-electron chi connectivity index (χ1n) is 10.5. The highest BCUT2D eigenvalue weighted by Gasteiger charge is 2.20. The molecule has 0 fully saturated rings. The van der Waals surface area contributed by atoms with Crippen molar-refractivity contribution in [2.75, 3.05) is 5.32 Å². The van der Waals surface area contributed by atoms with Crippen LogP contribution in [0.2, 0.25) is 5.02 Å². The highest BCUT2D eigenvalue weighted by molar-refractivity contribution is 6.34. The van der Waals surface area contributed by atoms with Crippen LogP contribution >= 0.6 is 11.6 Å². The number of pyridine rings is 1. The summed E-state index contributed by atoms with van der Waals surface area (Å²) in [5.41, 5.74) is 4.31. The van der Waals surface area contributed by atoms with E-state index >= 15 is 0 Å². The molecule has 1 amide bonds. The number of carboxylic acid groups (broad SMARTS) is 1. The summed E-state index contributed by atoms with van der Waals surface area (Å²) in [4.78, 5) is 32.5. The summed E-state index contributed by atoms with van der Waals surface area (Å²) in [7, 11) is 0. The van der Waals surface area contributed by atoms with Crippen LogP contribution in [0.3, 0.4) is 0 Å². The first kappa shape index (κ1) is 21.4. The molecule has 3 N–H and O–H groups in total. The molecule has 0 aliphatic heterocycles. The Kier molecular flexibility index (Phi) is 5.57. The van der Waals surface area contributed by atoms with Gasteiger partial charge in [-0.2, -0.15) is 0 Å². The van der Waals surface area contributed by atoms with Crippen LogP contribution in [-0.2, 0) is 0 Å². The van der Waals surface area contributed by atoms with Gasteiger partial charge in [0.25, 0.3) is 5.91 Å². The van der Waals surface area contributed by atoms with Gasteiger partial charge in [0, 0.05) is 17.1 Å². The lowest BCUT2D eigenvalue weighted by atomic mass is 9.89. The second-order valence-corrected chi connectivity index (χ2v) is 8.09. The average Bonchev–Trinajstić information content (AvgIpc) is 3.32. The molecule has 0 radical (unpaired) electrons. The predicted octanol–water partition coefficient (Wildman–Crippen LogP) is 6.50. The SMILES string of the molecule is O=C(Nc1cnc2[nH]ccc2c1)c1cc(-c2c(C(=O)O)cccc2-c2ccccc2)ccc1Cl. The van der Waals surface area contributed by atoms with Crippen LogP contribution in [0.25, 0.3) is 33.3 Å². The van der Waals surface area contributed by atoms with Crippen molar-refractivity contribution in [3.8, 4) is 22.3 Å². The van der Waals surface area contributed by atoms with Crippen LogP contribution in [0.4, 0.5) is 5.69 Å². The molecular weight excluding hydrogens is 450 g/mol. The number of halogens is 1. The maximum atomic E-state index is 13.1. The Morgan fingerprint density at radius 1 is 0.882 bits per heavy atom. The number of aromatic nitrogens is 2. The van der Waals surface area contributed by atoms with Gasteiger partial charge in [-0.05, 0) is 47.0 Å². The largest absolute Gasteiger partial charge is 0.478 e. The average molecular weight is 468 g/mol. The number of benzene rings is 3. The van der Waals surface area contributed by atoms with Crippen molar-refractivity contribution in [2.45, 2.75) is 0 Å². The number of anilines is 1. The number of carbonyl (C=O) groups excluding carboxylic acids is 1. The highest BCUT2D eigenvalue weighted by Crippen LogP contribution is 2.36. The molecule has 0 bridgehead atoms. The van der Waals surface area contributed by atoms with E-state index in [0.29, 0.717) is 16.8 Å². The van der Waals surface area contributed by atoms with Gasteiger partial charge < -0.3 is 15.4 Å². The van der Waals surface area contributed by atoms with E-state index in [4.69, 9.17) is 11.6 Å². The first-order chi connectivity index (χ1) is 16.5. The summed E-state index contributed by atoms with van der Waals surface area (Å²) in [6.07, 6.45) is 3.33. The van der Waals surface area contributed by atoms with E-state index in [1.54, 1.807) is 42.7 Å². The van der Waals surface area contributed by atoms with Crippen molar-refractivity contribution >= 4 is 40.2 Å².